The molecule has 2 N–H and O–H groups in total. The molecule has 0 saturated carbocycles. The van der Waals surface area contributed by atoms with E-state index in [0.717, 1.165) is 84.2 Å². The van der Waals surface area contributed by atoms with Gasteiger partial charge in [0.25, 0.3) is 0 Å². The molecule has 3 rings (SSSR count). The SMILES string of the molecule is CCNC(=NCc1cccc(CN2CCOCC2)c1)NCCCN1CCCCCC1=O.I. The molecule has 0 aromatic heterocycles. The van der Waals surface area contributed by atoms with Gasteiger partial charge in [0.2, 0.25) is 5.91 Å². The van der Waals surface area contributed by atoms with E-state index >= 15 is 0 Å². The molecule has 0 spiro atoms. The number of hydrogen-bond acceptors (Lipinski definition) is 4. The Morgan fingerprint density at radius 3 is 2.72 bits per heavy atom. The van der Waals surface area contributed by atoms with Crippen LogP contribution >= 0.6 is 24.0 Å². The Hall–Kier alpha value is -1.39. The third-order valence-electron chi connectivity index (χ3n) is 5.83. The number of morpholine rings is 1. The number of likely N-dealkylation sites (tertiary alicyclic amines) is 1. The fourth-order valence-corrected chi connectivity index (χ4v) is 4.11. The Morgan fingerprint density at radius 1 is 1.09 bits per heavy atom. The molecule has 0 unspecified atom stereocenters. The van der Waals surface area contributed by atoms with Crippen LogP contribution in [0.4, 0.5) is 0 Å². The zero-order valence-corrected chi connectivity index (χ0v) is 21.8. The number of amides is 1. The van der Waals surface area contributed by atoms with Crippen LogP contribution in [0.25, 0.3) is 0 Å². The predicted octanol–water partition coefficient (Wildman–Crippen LogP) is 2.98. The summed E-state index contributed by atoms with van der Waals surface area (Å²) < 4.78 is 5.44. The lowest BCUT2D eigenvalue weighted by molar-refractivity contribution is -0.130. The fraction of sp³-hybridized carbons (Fsp3) is 0.667. The van der Waals surface area contributed by atoms with E-state index in [-0.39, 0.29) is 24.0 Å². The summed E-state index contributed by atoms with van der Waals surface area (Å²) >= 11 is 0. The molecule has 180 valence electrons. The van der Waals surface area contributed by atoms with Crippen LogP contribution in [0, 0.1) is 0 Å². The fourth-order valence-electron chi connectivity index (χ4n) is 4.11. The summed E-state index contributed by atoms with van der Waals surface area (Å²) in [7, 11) is 0. The van der Waals surface area contributed by atoms with Crippen LogP contribution in [-0.4, -0.2) is 74.1 Å². The van der Waals surface area contributed by atoms with Gasteiger partial charge in [0.1, 0.15) is 0 Å². The standard InChI is InChI=1S/C24H39N5O2.HI/c1-2-25-24(26-11-7-13-29-12-5-3-4-10-23(29)30)27-19-21-8-6-9-22(18-21)20-28-14-16-31-17-15-28;/h6,8-9,18H,2-5,7,10-17,19-20H2,1H3,(H2,25,26,27);1H. The van der Waals surface area contributed by atoms with Crippen LogP contribution < -0.4 is 10.6 Å². The molecule has 0 aliphatic carbocycles. The van der Waals surface area contributed by atoms with Gasteiger partial charge in [-0.2, -0.15) is 0 Å². The number of carbonyl (C=O) groups is 1. The number of benzene rings is 1. The van der Waals surface area contributed by atoms with Crippen molar-refractivity contribution in [2.75, 3.05) is 52.5 Å². The van der Waals surface area contributed by atoms with E-state index in [1.54, 1.807) is 0 Å². The summed E-state index contributed by atoms with van der Waals surface area (Å²) in [6.07, 6.45) is 4.99. The second kappa shape index (κ2) is 15.4. The van der Waals surface area contributed by atoms with E-state index in [1.165, 1.54) is 17.5 Å². The van der Waals surface area contributed by atoms with Gasteiger partial charge in [-0.25, -0.2) is 4.99 Å². The number of rotatable bonds is 9. The van der Waals surface area contributed by atoms with Crippen molar-refractivity contribution in [2.24, 2.45) is 4.99 Å². The highest BCUT2D eigenvalue weighted by molar-refractivity contribution is 14.0. The summed E-state index contributed by atoms with van der Waals surface area (Å²) in [4.78, 5) is 21.3. The molecule has 0 radical (unpaired) electrons. The van der Waals surface area contributed by atoms with E-state index in [2.05, 4.69) is 46.7 Å². The van der Waals surface area contributed by atoms with Gasteiger partial charge in [-0.15, -0.1) is 24.0 Å². The minimum atomic E-state index is 0. The van der Waals surface area contributed by atoms with Gasteiger partial charge in [-0.05, 0) is 37.3 Å². The van der Waals surface area contributed by atoms with Gasteiger partial charge in [-0.3, -0.25) is 9.69 Å². The smallest absolute Gasteiger partial charge is 0.222 e. The number of halogens is 1. The summed E-state index contributed by atoms with van der Waals surface area (Å²) in [5.41, 5.74) is 2.55. The first-order valence-corrected chi connectivity index (χ1v) is 11.9. The van der Waals surface area contributed by atoms with Gasteiger partial charge in [-0.1, -0.05) is 30.7 Å². The Morgan fingerprint density at radius 2 is 1.91 bits per heavy atom. The van der Waals surface area contributed by atoms with Crippen molar-refractivity contribution in [3.8, 4) is 0 Å². The van der Waals surface area contributed by atoms with E-state index in [1.807, 2.05) is 4.90 Å². The first-order chi connectivity index (χ1) is 15.2. The number of aliphatic imine (C=N–C) groups is 1. The molecule has 0 bridgehead atoms. The van der Waals surface area contributed by atoms with E-state index in [0.29, 0.717) is 18.9 Å². The van der Waals surface area contributed by atoms with Gasteiger partial charge in [0, 0.05) is 52.2 Å². The third-order valence-corrected chi connectivity index (χ3v) is 5.83. The minimum absolute atomic E-state index is 0. The van der Waals surface area contributed by atoms with Crippen LogP contribution in [0.5, 0.6) is 0 Å². The largest absolute Gasteiger partial charge is 0.379 e. The van der Waals surface area contributed by atoms with Crippen molar-refractivity contribution in [3.05, 3.63) is 35.4 Å². The molecule has 2 saturated heterocycles. The molecule has 8 heteroatoms. The molecule has 0 atom stereocenters. The number of ether oxygens (including phenoxy) is 1. The number of carbonyl (C=O) groups excluding carboxylic acids is 1. The minimum Gasteiger partial charge on any atom is -0.379 e. The molecule has 2 aliphatic heterocycles. The molecule has 1 aromatic rings. The van der Waals surface area contributed by atoms with Gasteiger partial charge in [0.15, 0.2) is 5.96 Å². The highest BCUT2D eigenvalue weighted by atomic mass is 127. The Bertz CT molecular complexity index is 709. The third kappa shape index (κ3) is 9.62. The Balaban J connectivity index is 0.00000363. The Kier molecular flexibility index (Phi) is 13.0. The average molecular weight is 558 g/mol. The first-order valence-electron chi connectivity index (χ1n) is 11.9. The molecule has 1 amide bonds. The Labute approximate surface area is 210 Å². The summed E-state index contributed by atoms with van der Waals surface area (Å²) in [6, 6.07) is 8.71. The number of hydrogen-bond donors (Lipinski definition) is 2. The lowest BCUT2D eigenvalue weighted by Crippen LogP contribution is -2.39. The average Bonchev–Trinajstić information content (AvgIpc) is 3.00. The van der Waals surface area contributed by atoms with Gasteiger partial charge in [0.05, 0.1) is 19.8 Å². The van der Waals surface area contributed by atoms with Crippen molar-refractivity contribution < 1.29 is 9.53 Å². The van der Waals surface area contributed by atoms with E-state index < -0.39 is 0 Å². The van der Waals surface area contributed by atoms with Crippen LogP contribution in [0.3, 0.4) is 0 Å². The van der Waals surface area contributed by atoms with Gasteiger partial charge >= 0.3 is 0 Å². The maximum absolute atomic E-state index is 12.1. The first kappa shape index (κ1) is 26.9. The second-order valence-corrected chi connectivity index (χ2v) is 8.38. The predicted molar refractivity (Wildman–Crippen MR) is 140 cm³/mol. The van der Waals surface area contributed by atoms with Crippen molar-refractivity contribution in [3.63, 3.8) is 0 Å². The second-order valence-electron chi connectivity index (χ2n) is 8.38. The lowest BCUT2D eigenvalue weighted by atomic mass is 10.1. The topological polar surface area (TPSA) is 69.2 Å². The molecule has 2 aliphatic rings. The number of guanidine groups is 1. The van der Waals surface area contributed by atoms with E-state index in [9.17, 15) is 4.79 Å². The molecule has 1 aromatic carbocycles. The zero-order chi connectivity index (χ0) is 21.7. The van der Waals surface area contributed by atoms with Crippen LogP contribution in [0.1, 0.15) is 50.2 Å². The van der Waals surface area contributed by atoms with E-state index in [4.69, 9.17) is 9.73 Å². The van der Waals surface area contributed by atoms with Gasteiger partial charge < -0.3 is 20.3 Å². The summed E-state index contributed by atoms with van der Waals surface area (Å²) in [5.74, 6) is 1.15. The van der Waals surface area contributed by atoms with Crippen LogP contribution in [0.15, 0.2) is 29.3 Å². The van der Waals surface area contributed by atoms with Crippen LogP contribution in [-0.2, 0) is 22.6 Å². The molecule has 7 nitrogen and oxygen atoms in total. The van der Waals surface area contributed by atoms with Crippen molar-refractivity contribution in [1.82, 2.24) is 20.4 Å². The molecular formula is C24H40IN5O2. The van der Waals surface area contributed by atoms with Crippen molar-refractivity contribution in [2.45, 2.75) is 52.1 Å². The number of nitrogens with zero attached hydrogens (tertiary/aromatic N) is 3. The van der Waals surface area contributed by atoms with Crippen molar-refractivity contribution >= 4 is 35.8 Å². The summed E-state index contributed by atoms with van der Waals surface area (Å²) in [5, 5.41) is 6.75. The monoisotopic (exact) mass is 557 g/mol. The molecular weight excluding hydrogens is 517 g/mol. The van der Waals surface area contributed by atoms with Crippen LogP contribution in [0.2, 0.25) is 0 Å². The molecule has 32 heavy (non-hydrogen) atoms. The maximum Gasteiger partial charge on any atom is 0.222 e. The quantitative estimate of drug-likeness (QED) is 0.212. The molecule has 2 heterocycles. The normalized spacial score (nSPS) is 18.1. The summed E-state index contributed by atoms with van der Waals surface area (Å²) in [6.45, 7) is 10.7. The highest BCUT2D eigenvalue weighted by Crippen LogP contribution is 2.12. The molecule has 2 fully saturated rings. The number of nitrogens with one attached hydrogen (secondary N) is 2. The maximum atomic E-state index is 12.1. The van der Waals surface area contributed by atoms with Crippen molar-refractivity contribution in [1.29, 1.82) is 0 Å². The zero-order valence-electron chi connectivity index (χ0n) is 19.5. The lowest BCUT2D eigenvalue weighted by Gasteiger charge is -2.26. The highest BCUT2D eigenvalue weighted by Gasteiger charge is 2.15.